The Morgan fingerprint density at radius 3 is 2.75 bits per heavy atom. The van der Waals surface area contributed by atoms with Crippen LogP contribution in [-0.2, 0) is 9.47 Å². The van der Waals surface area contributed by atoms with Crippen LogP contribution in [0, 0.1) is 0 Å². The van der Waals surface area contributed by atoms with E-state index in [1.54, 1.807) is 31.4 Å². The Balaban J connectivity index is 2.70. The molecule has 0 bridgehead atoms. The maximum atomic E-state index is 11.3. The van der Waals surface area contributed by atoms with Crippen molar-refractivity contribution < 1.29 is 19.0 Å². The molecule has 4 nitrogen and oxygen atoms in total. The van der Waals surface area contributed by atoms with Gasteiger partial charge in [0, 0.05) is 7.11 Å². The minimum Gasteiger partial charge on any atom is -0.488 e. The first-order chi connectivity index (χ1) is 7.67. The van der Waals surface area contributed by atoms with Crippen molar-refractivity contribution in [2.24, 2.45) is 0 Å². The second kappa shape index (κ2) is 6.12. The number of carbonyl (C=O) groups excluding carboxylic acids is 1. The minimum atomic E-state index is -0.371. The van der Waals surface area contributed by atoms with Gasteiger partial charge in [-0.1, -0.05) is 6.07 Å². The predicted octanol–water partition coefficient (Wildman–Crippen LogP) is 1.89. The molecule has 0 N–H and O–H groups in total. The first kappa shape index (κ1) is 12.5. The topological polar surface area (TPSA) is 44.8 Å². The molecule has 0 radical (unpaired) electrons. The second-order valence-electron chi connectivity index (χ2n) is 3.40. The summed E-state index contributed by atoms with van der Waals surface area (Å²) < 4.78 is 15.1. The maximum Gasteiger partial charge on any atom is 0.337 e. The highest BCUT2D eigenvalue weighted by molar-refractivity contribution is 5.89. The van der Waals surface area contributed by atoms with Gasteiger partial charge < -0.3 is 14.2 Å². The molecule has 0 aliphatic heterocycles. The Labute approximate surface area is 95.1 Å². The number of esters is 1. The monoisotopic (exact) mass is 224 g/mol. The van der Waals surface area contributed by atoms with Gasteiger partial charge in [0.2, 0.25) is 0 Å². The van der Waals surface area contributed by atoms with Gasteiger partial charge in [-0.2, -0.15) is 0 Å². The molecule has 1 rings (SSSR count). The average Bonchev–Trinajstić information content (AvgIpc) is 2.28. The standard InChI is InChI=1S/C12H16O4/c1-9(8-14-2)16-11-6-4-5-10(7-11)12(13)15-3/h4-7,9H,8H2,1-3H3. The van der Waals surface area contributed by atoms with E-state index < -0.39 is 0 Å². The molecule has 0 heterocycles. The van der Waals surface area contributed by atoms with Gasteiger partial charge in [0.05, 0.1) is 19.3 Å². The number of benzene rings is 1. The summed E-state index contributed by atoms with van der Waals surface area (Å²) in [4.78, 5) is 11.3. The largest absolute Gasteiger partial charge is 0.488 e. The molecule has 0 spiro atoms. The van der Waals surface area contributed by atoms with Gasteiger partial charge in [-0.15, -0.1) is 0 Å². The smallest absolute Gasteiger partial charge is 0.337 e. The van der Waals surface area contributed by atoms with Gasteiger partial charge in [-0.3, -0.25) is 0 Å². The first-order valence-corrected chi connectivity index (χ1v) is 5.01. The molecule has 1 aromatic carbocycles. The molecule has 4 heteroatoms. The van der Waals surface area contributed by atoms with Gasteiger partial charge >= 0.3 is 5.97 Å². The number of rotatable bonds is 5. The van der Waals surface area contributed by atoms with Gasteiger partial charge in [-0.25, -0.2) is 4.79 Å². The van der Waals surface area contributed by atoms with Crippen LogP contribution in [0.1, 0.15) is 17.3 Å². The molecule has 16 heavy (non-hydrogen) atoms. The zero-order valence-corrected chi connectivity index (χ0v) is 9.73. The summed E-state index contributed by atoms with van der Waals surface area (Å²) in [5.74, 6) is 0.261. The lowest BCUT2D eigenvalue weighted by atomic mass is 10.2. The Hall–Kier alpha value is -1.55. The summed E-state index contributed by atoms with van der Waals surface area (Å²) >= 11 is 0. The van der Waals surface area contributed by atoms with E-state index >= 15 is 0 Å². The second-order valence-corrected chi connectivity index (χ2v) is 3.40. The quantitative estimate of drug-likeness (QED) is 0.716. The SMILES string of the molecule is COCC(C)Oc1cccc(C(=O)OC)c1. The predicted molar refractivity (Wildman–Crippen MR) is 59.7 cm³/mol. The van der Waals surface area contributed by atoms with Crippen LogP contribution in [0.25, 0.3) is 0 Å². The molecular weight excluding hydrogens is 208 g/mol. The molecule has 1 atom stereocenters. The molecule has 0 aliphatic carbocycles. The summed E-state index contributed by atoms with van der Waals surface area (Å²) in [7, 11) is 2.97. The Morgan fingerprint density at radius 2 is 2.12 bits per heavy atom. The molecule has 88 valence electrons. The molecule has 0 aromatic heterocycles. The van der Waals surface area contributed by atoms with E-state index in [2.05, 4.69) is 4.74 Å². The number of ether oxygens (including phenoxy) is 3. The molecule has 0 saturated heterocycles. The Morgan fingerprint density at radius 1 is 1.38 bits per heavy atom. The fourth-order valence-electron chi connectivity index (χ4n) is 1.32. The molecule has 1 aromatic rings. The Bertz CT molecular complexity index is 349. The normalized spacial score (nSPS) is 11.9. The van der Waals surface area contributed by atoms with Crippen LogP contribution in [0.2, 0.25) is 0 Å². The van der Waals surface area contributed by atoms with Gasteiger partial charge in [-0.05, 0) is 25.1 Å². The van der Waals surface area contributed by atoms with E-state index in [4.69, 9.17) is 9.47 Å². The number of hydrogen-bond acceptors (Lipinski definition) is 4. The van der Waals surface area contributed by atoms with Crippen molar-refractivity contribution in [1.82, 2.24) is 0 Å². The first-order valence-electron chi connectivity index (χ1n) is 5.01. The van der Waals surface area contributed by atoms with Crippen LogP contribution in [0.5, 0.6) is 5.75 Å². The number of methoxy groups -OCH3 is 2. The van der Waals surface area contributed by atoms with E-state index in [9.17, 15) is 4.79 Å². The van der Waals surface area contributed by atoms with Crippen molar-refractivity contribution in [2.45, 2.75) is 13.0 Å². The average molecular weight is 224 g/mol. The highest BCUT2D eigenvalue weighted by Gasteiger charge is 2.08. The summed E-state index contributed by atoms with van der Waals surface area (Å²) in [6.07, 6.45) is -0.0575. The van der Waals surface area contributed by atoms with Gasteiger partial charge in [0.15, 0.2) is 0 Å². The van der Waals surface area contributed by atoms with Crippen molar-refractivity contribution in [3.63, 3.8) is 0 Å². The van der Waals surface area contributed by atoms with E-state index in [0.29, 0.717) is 17.9 Å². The number of carbonyl (C=O) groups is 1. The van der Waals surface area contributed by atoms with E-state index in [0.717, 1.165) is 0 Å². The molecule has 0 aliphatic rings. The third kappa shape index (κ3) is 3.55. The molecule has 0 saturated carbocycles. The lowest BCUT2D eigenvalue weighted by Crippen LogP contribution is -2.18. The van der Waals surface area contributed by atoms with Crippen LogP contribution >= 0.6 is 0 Å². The summed E-state index contributed by atoms with van der Waals surface area (Å²) in [6, 6.07) is 6.87. The van der Waals surface area contributed by atoms with Crippen LogP contribution in [0.4, 0.5) is 0 Å². The maximum absolute atomic E-state index is 11.3. The highest BCUT2D eigenvalue weighted by atomic mass is 16.5. The van der Waals surface area contributed by atoms with Crippen molar-refractivity contribution in [3.8, 4) is 5.75 Å². The fourth-order valence-corrected chi connectivity index (χ4v) is 1.32. The third-order valence-corrected chi connectivity index (χ3v) is 1.99. The minimum absolute atomic E-state index is 0.0575. The Kier molecular flexibility index (Phi) is 4.79. The number of hydrogen-bond donors (Lipinski definition) is 0. The van der Waals surface area contributed by atoms with E-state index in [-0.39, 0.29) is 12.1 Å². The van der Waals surface area contributed by atoms with Gasteiger partial charge in [0.1, 0.15) is 11.9 Å². The van der Waals surface area contributed by atoms with Crippen LogP contribution in [0.3, 0.4) is 0 Å². The van der Waals surface area contributed by atoms with Crippen molar-refractivity contribution in [2.75, 3.05) is 20.8 Å². The van der Waals surface area contributed by atoms with Crippen molar-refractivity contribution in [1.29, 1.82) is 0 Å². The van der Waals surface area contributed by atoms with Gasteiger partial charge in [0.25, 0.3) is 0 Å². The summed E-state index contributed by atoms with van der Waals surface area (Å²) in [5.41, 5.74) is 0.476. The lowest BCUT2D eigenvalue weighted by Gasteiger charge is -2.13. The zero-order valence-electron chi connectivity index (χ0n) is 9.73. The van der Waals surface area contributed by atoms with Crippen LogP contribution in [-0.4, -0.2) is 32.9 Å². The van der Waals surface area contributed by atoms with E-state index in [1.807, 2.05) is 6.92 Å². The lowest BCUT2D eigenvalue weighted by molar-refractivity contribution is 0.0599. The molecule has 1 unspecified atom stereocenters. The van der Waals surface area contributed by atoms with Crippen LogP contribution < -0.4 is 4.74 Å². The molecule has 0 amide bonds. The fraction of sp³-hybridized carbons (Fsp3) is 0.417. The third-order valence-electron chi connectivity index (χ3n) is 1.99. The summed E-state index contributed by atoms with van der Waals surface area (Å²) in [6.45, 7) is 2.40. The highest BCUT2D eigenvalue weighted by Crippen LogP contribution is 2.15. The van der Waals surface area contributed by atoms with E-state index in [1.165, 1.54) is 7.11 Å². The zero-order chi connectivity index (χ0) is 12.0. The van der Waals surface area contributed by atoms with Crippen molar-refractivity contribution in [3.05, 3.63) is 29.8 Å². The molecule has 0 fully saturated rings. The summed E-state index contributed by atoms with van der Waals surface area (Å²) in [5, 5.41) is 0. The van der Waals surface area contributed by atoms with Crippen molar-refractivity contribution >= 4 is 5.97 Å². The molecular formula is C12H16O4. The van der Waals surface area contributed by atoms with Crippen LogP contribution in [0.15, 0.2) is 24.3 Å².